The van der Waals surface area contributed by atoms with Gasteiger partial charge in [0.2, 0.25) is 5.91 Å². The summed E-state index contributed by atoms with van der Waals surface area (Å²) in [6.45, 7) is 3.57. The fourth-order valence-corrected chi connectivity index (χ4v) is 6.61. The second kappa shape index (κ2) is 12.2. The van der Waals surface area contributed by atoms with Gasteiger partial charge in [-0.25, -0.2) is 9.69 Å². The second-order valence-corrected chi connectivity index (χ2v) is 11.8. The summed E-state index contributed by atoms with van der Waals surface area (Å²) in [5.74, 6) is -1.42. The molecule has 1 atom stereocenters. The highest BCUT2D eigenvalue weighted by Gasteiger charge is 2.43. The number of esters is 1. The van der Waals surface area contributed by atoms with Crippen LogP contribution < -0.4 is 4.90 Å². The zero-order chi connectivity index (χ0) is 30.9. The van der Waals surface area contributed by atoms with E-state index in [1.165, 1.54) is 33.7 Å². The Morgan fingerprint density at radius 2 is 1.42 bits per heavy atom. The van der Waals surface area contributed by atoms with Crippen LogP contribution >= 0.6 is 0 Å². The van der Waals surface area contributed by atoms with E-state index in [9.17, 15) is 19.2 Å². The van der Waals surface area contributed by atoms with Crippen molar-refractivity contribution in [3.63, 3.8) is 0 Å². The molecule has 4 aromatic carbocycles. The van der Waals surface area contributed by atoms with Gasteiger partial charge < -0.3 is 4.74 Å². The highest BCUT2D eigenvalue weighted by molar-refractivity contribution is 6.22. The van der Waals surface area contributed by atoms with Gasteiger partial charge in [0.15, 0.2) is 12.4 Å². The molecular weight excluding hydrogens is 566 g/mol. The molecule has 4 aromatic rings. The van der Waals surface area contributed by atoms with E-state index in [0.29, 0.717) is 24.3 Å². The zero-order valence-electron chi connectivity index (χ0n) is 24.9. The van der Waals surface area contributed by atoms with E-state index in [1.54, 1.807) is 18.2 Å². The van der Waals surface area contributed by atoms with Crippen molar-refractivity contribution in [2.24, 2.45) is 0 Å². The number of imide groups is 1. The summed E-state index contributed by atoms with van der Waals surface area (Å²) >= 11 is 0. The van der Waals surface area contributed by atoms with Crippen molar-refractivity contribution in [3.8, 4) is 11.1 Å². The van der Waals surface area contributed by atoms with Crippen LogP contribution in [0.4, 0.5) is 5.69 Å². The Morgan fingerprint density at radius 1 is 0.733 bits per heavy atom. The van der Waals surface area contributed by atoms with Gasteiger partial charge in [-0.15, -0.1) is 0 Å². The molecule has 7 rings (SSSR count). The number of ketones is 1. The van der Waals surface area contributed by atoms with Gasteiger partial charge in [-0.05, 0) is 64.6 Å². The van der Waals surface area contributed by atoms with Crippen LogP contribution in [0.3, 0.4) is 0 Å². The minimum absolute atomic E-state index is 0.137. The molecule has 1 unspecified atom stereocenters. The quantitative estimate of drug-likeness (QED) is 0.145. The van der Waals surface area contributed by atoms with Crippen molar-refractivity contribution in [1.82, 2.24) is 9.80 Å². The maximum Gasteiger partial charge on any atom is 0.338 e. The van der Waals surface area contributed by atoms with Crippen molar-refractivity contribution in [1.29, 1.82) is 0 Å². The number of benzene rings is 4. The fraction of sp³-hybridized carbons (Fsp3) is 0.243. The fourth-order valence-electron chi connectivity index (χ4n) is 6.61. The Morgan fingerprint density at radius 3 is 2.20 bits per heavy atom. The molecule has 226 valence electrons. The number of hydrogen-bond acceptors (Lipinski definition) is 7. The van der Waals surface area contributed by atoms with Crippen LogP contribution in [0.15, 0.2) is 97.1 Å². The second-order valence-electron chi connectivity index (χ2n) is 11.8. The van der Waals surface area contributed by atoms with Gasteiger partial charge >= 0.3 is 5.97 Å². The number of carbonyl (C=O) groups excluding carboxylic acids is 4. The van der Waals surface area contributed by atoms with Crippen LogP contribution in [0.2, 0.25) is 0 Å². The summed E-state index contributed by atoms with van der Waals surface area (Å²) in [6, 6.07) is 29.8. The molecule has 2 fully saturated rings. The molecule has 2 amide bonds. The van der Waals surface area contributed by atoms with Crippen molar-refractivity contribution in [3.05, 3.63) is 125 Å². The summed E-state index contributed by atoms with van der Waals surface area (Å²) in [5.41, 5.74) is 7.05. The van der Waals surface area contributed by atoms with Crippen LogP contribution in [0.1, 0.15) is 43.8 Å². The van der Waals surface area contributed by atoms with Crippen molar-refractivity contribution < 1.29 is 23.9 Å². The Balaban J connectivity index is 0.927. The van der Waals surface area contributed by atoms with E-state index in [4.69, 9.17) is 4.74 Å². The number of nitrogens with zero attached hydrogens (tertiary/aromatic N) is 3. The van der Waals surface area contributed by atoms with Gasteiger partial charge in [0, 0.05) is 38.3 Å². The summed E-state index contributed by atoms with van der Waals surface area (Å²) in [7, 11) is 0. The number of fused-ring (bicyclic) bond motifs is 3. The molecular formula is C37H33N3O5. The Hall–Kier alpha value is -4.92. The Bertz CT molecular complexity index is 1780. The molecule has 45 heavy (non-hydrogen) atoms. The molecule has 8 nitrogen and oxygen atoms in total. The topological polar surface area (TPSA) is 87.2 Å². The molecule has 0 saturated carbocycles. The van der Waals surface area contributed by atoms with E-state index in [-0.39, 0.29) is 36.2 Å². The Kier molecular flexibility index (Phi) is 7.83. The summed E-state index contributed by atoms with van der Waals surface area (Å²) in [4.78, 5) is 57.6. The Labute approximate surface area is 261 Å². The molecule has 0 N–H and O–H groups in total. The molecule has 8 heteroatoms. The monoisotopic (exact) mass is 599 g/mol. The number of hydrogen-bond donors (Lipinski definition) is 0. The number of ether oxygens (including phenoxy) is 1. The smallest absolute Gasteiger partial charge is 0.338 e. The van der Waals surface area contributed by atoms with Crippen molar-refractivity contribution >= 4 is 29.3 Å². The number of rotatable bonds is 8. The lowest BCUT2D eigenvalue weighted by molar-refractivity contribution is -0.123. The van der Waals surface area contributed by atoms with Gasteiger partial charge in [0.05, 0.1) is 23.7 Å². The van der Waals surface area contributed by atoms with E-state index in [0.717, 1.165) is 37.2 Å². The molecule has 2 heterocycles. The van der Waals surface area contributed by atoms with Crippen LogP contribution in [-0.4, -0.2) is 72.2 Å². The van der Waals surface area contributed by atoms with Gasteiger partial charge in [-0.2, -0.15) is 0 Å². The normalized spacial score (nSPS) is 18.1. The van der Waals surface area contributed by atoms with E-state index < -0.39 is 12.0 Å². The van der Waals surface area contributed by atoms with Crippen LogP contribution in [0.5, 0.6) is 0 Å². The minimum atomic E-state index is -0.645. The number of anilines is 1. The highest BCUT2D eigenvalue weighted by Crippen LogP contribution is 2.36. The number of piperazine rings is 1. The van der Waals surface area contributed by atoms with E-state index in [2.05, 4.69) is 34.1 Å². The van der Waals surface area contributed by atoms with Crippen LogP contribution in [0, 0.1) is 0 Å². The standard InChI is InChI=1S/C37H33N3O5/c41-34(28-12-15-32-29(21-28)20-27-8-4-5-9-31(27)32)24-45-37(44)26-10-13-30(14-11-26)40-35(42)22-33(36(40)43)39-18-16-38(17-19-39)23-25-6-2-1-3-7-25/h1-15,21,33H,16-20,22-24H2. The third-order valence-electron chi connectivity index (χ3n) is 9.03. The minimum Gasteiger partial charge on any atom is -0.454 e. The van der Waals surface area contributed by atoms with E-state index >= 15 is 0 Å². The molecule has 0 spiro atoms. The first kappa shape index (κ1) is 28.8. The first-order valence-electron chi connectivity index (χ1n) is 15.3. The highest BCUT2D eigenvalue weighted by atomic mass is 16.5. The molecule has 3 aliphatic rings. The number of carbonyl (C=O) groups is 4. The lowest BCUT2D eigenvalue weighted by atomic mass is 10.0. The van der Waals surface area contributed by atoms with Crippen molar-refractivity contribution in [2.45, 2.75) is 25.4 Å². The third-order valence-corrected chi connectivity index (χ3v) is 9.03. The lowest BCUT2D eigenvalue weighted by Crippen LogP contribution is -2.52. The molecule has 2 saturated heterocycles. The molecule has 2 aliphatic heterocycles. The van der Waals surface area contributed by atoms with Crippen LogP contribution in [0.25, 0.3) is 11.1 Å². The SMILES string of the molecule is O=C(COC(=O)c1ccc(N2C(=O)CC(N3CCN(Cc4ccccc4)CC3)C2=O)cc1)c1ccc2c(c1)Cc1ccccc1-2. The average Bonchev–Trinajstić information content (AvgIpc) is 3.60. The zero-order valence-corrected chi connectivity index (χ0v) is 24.9. The summed E-state index contributed by atoms with van der Waals surface area (Å²) in [6.07, 6.45) is 0.908. The number of Topliss-reactive ketones (excluding diaryl/α,β-unsaturated/α-hetero) is 1. The van der Waals surface area contributed by atoms with Gasteiger partial charge in [0.1, 0.15) is 0 Å². The largest absolute Gasteiger partial charge is 0.454 e. The molecule has 1 aliphatic carbocycles. The van der Waals surface area contributed by atoms with Crippen molar-refractivity contribution in [2.75, 3.05) is 37.7 Å². The molecule has 0 radical (unpaired) electrons. The predicted molar refractivity (Wildman–Crippen MR) is 170 cm³/mol. The summed E-state index contributed by atoms with van der Waals surface area (Å²) in [5, 5.41) is 0. The van der Waals surface area contributed by atoms with Gasteiger partial charge in [-0.3, -0.25) is 24.2 Å². The van der Waals surface area contributed by atoms with Crippen LogP contribution in [-0.2, 0) is 27.3 Å². The predicted octanol–water partition coefficient (Wildman–Crippen LogP) is 4.75. The first-order valence-corrected chi connectivity index (χ1v) is 15.3. The van der Waals surface area contributed by atoms with Gasteiger partial charge in [-0.1, -0.05) is 66.7 Å². The number of amides is 2. The maximum atomic E-state index is 13.4. The average molecular weight is 600 g/mol. The molecule has 0 bridgehead atoms. The molecule has 0 aromatic heterocycles. The third kappa shape index (κ3) is 5.82. The first-order chi connectivity index (χ1) is 21.9. The maximum absolute atomic E-state index is 13.4. The van der Waals surface area contributed by atoms with E-state index in [1.807, 2.05) is 42.5 Å². The van der Waals surface area contributed by atoms with Gasteiger partial charge in [0.25, 0.3) is 5.91 Å². The summed E-state index contributed by atoms with van der Waals surface area (Å²) < 4.78 is 5.33. The lowest BCUT2D eigenvalue weighted by Gasteiger charge is -2.37.